The summed E-state index contributed by atoms with van der Waals surface area (Å²) in [5.74, 6) is 5.32. The van der Waals surface area contributed by atoms with Crippen molar-refractivity contribution in [1.82, 2.24) is 14.7 Å². The van der Waals surface area contributed by atoms with Crippen molar-refractivity contribution in [3.63, 3.8) is 0 Å². The first-order chi connectivity index (χ1) is 10.1. The predicted octanol–water partition coefficient (Wildman–Crippen LogP) is 1.04. The molecule has 1 N–H and O–H groups in total. The van der Waals surface area contributed by atoms with E-state index in [1.807, 2.05) is 24.3 Å². The molecular formula is C16H17N3O2. The lowest BCUT2D eigenvalue weighted by Gasteiger charge is -2.16. The molecule has 0 atom stereocenters. The number of benzene rings is 1. The number of carbonyl (C=O) groups excluding carboxylic acids is 1. The number of rotatable bonds is 3. The highest BCUT2D eigenvalue weighted by atomic mass is 16.2. The summed E-state index contributed by atoms with van der Waals surface area (Å²) in [5.41, 5.74) is 2.29. The summed E-state index contributed by atoms with van der Waals surface area (Å²) >= 11 is 0. The van der Waals surface area contributed by atoms with Crippen molar-refractivity contribution in [3.8, 4) is 11.8 Å². The molecule has 21 heavy (non-hydrogen) atoms. The van der Waals surface area contributed by atoms with Crippen LogP contribution in [0, 0.1) is 11.8 Å². The largest absolute Gasteiger partial charge is 0.384 e. The van der Waals surface area contributed by atoms with Crippen LogP contribution >= 0.6 is 0 Å². The van der Waals surface area contributed by atoms with Gasteiger partial charge in [-0.2, -0.15) is 5.10 Å². The summed E-state index contributed by atoms with van der Waals surface area (Å²) in [6.45, 7) is 0.353. The number of aliphatic hydroxyl groups excluding tert-OH is 1. The molecule has 0 fully saturated rings. The minimum atomic E-state index is -0.150. The zero-order valence-electron chi connectivity index (χ0n) is 12.1. The lowest BCUT2D eigenvalue weighted by molar-refractivity contribution is 0.0778. The second-order valence-electron chi connectivity index (χ2n) is 4.69. The van der Waals surface area contributed by atoms with E-state index in [0.717, 1.165) is 11.1 Å². The minimum Gasteiger partial charge on any atom is -0.384 e. The number of amides is 1. The fourth-order valence-electron chi connectivity index (χ4n) is 1.91. The van der Waals surface area contributed by atoms with Gasteiger partial charge in [0.15, 0.2) is 0 Å². The van der Waals surface area contributed by atoms with Gasteiger partial charge in [-0.1, -0.05) is 24.0 Å². The zero-order valence-corrected chi connectivity index (χ0v) is 12.1. The van der Waals surface area contributed by atoms with Crippen molar-refractivity contribution in [2.45, 2.75) is 6.54 Å². The maximum atomic E-state index is 12.2. The Bertz CT molecular complexity index is 678. The van der Waals surface area contributed by atoms with E-state index >= 15 is 0 Å². The van der Waals surface area contributed by atoms with Crippen LogP contribution in [-0.2, 0) is 13.6 Å². The number of aliphatic hydroxyl groups is 1. The van der Waals surface area contributed by atoms with Gasteiger partial charge in [0.25, 0.3) is 5.91 Å². The molecule has 2 aromatic rings. The van der Waals surface area contributed by atoms with Crippen molar-refractivity contribution in [3.05, 3.63) is 53.3 Å². The molecule has 0 saturated carbocycles. The first-order valence-electron chi connectivity index (χ1n) is 6.54. The minimum absolute atomic E-state index is 0.111. The monoisotopic (exact) mass is 283 g/mol. The quantitative estimate of drug-likeness (QED) is 0.856. The van der Waals surface area contributed by atoms with Crippen molar-refractivity contribution < 1.29 is 9.90 Å². The van der Waals surface area contributed by atoms with Crippen molar-refractivity contribution >= 4 is 5.91 Å². The standard InChI is InChI=1S/C16H17N3O2/c1-18(16(21)15-9-10-19(2)17-15)12-14-7-5-13(6-8-14)4-3-11-20/h5-10,20H,11-12H2,1-2H3. The number of nitrogens with zero attached hydrogens (tertiary/aromatic N) is 3. The average Bonchev–Trinajstić information content (AvgIpc) is 2.92. The Morgan fingerprint density at radius 2 is 2.05 bits per heavy atom. The number of carbonyl (C=O) groups is 1. The van der Waals surface area contributed by atoms with Crippen molar-refractivity contribution in [2.75, 3.05) is 13.7 Å². The maximum Gasteiger partial charge on any atom is 0.274 e. The van der Waals surface area contributed by atoms with Crippen molar-refractivity contribution in [1.29, 1.82) is 0 Å². The normalized spacial score (nSPS) is 9.86. The Kier molecular flexibility index (Phi) is 4.75. The molecule has 1 amide bonds. The summed E-state index contributed by atoms with van der Waals surface area (Å²) in [6.07, 6.45) is 1.75. The van der Waals surface area contributed by atoms with Gasteiger partial charge in [-0.15, -0.1) is 0 Å². The summed E-state index contributed by atoms with van der Waals surface area (Å²) < 4.78 is 1.61. The van der Waals surface area contributed by atoms with Gasteiger partial charge in [0.1, 0.15) is 12.3 Å². The first kappa shape index (κ1) is 14.8. The summed E-state index contributed by atoms with van der Waals surface area (Å²) in [7, 11) is 3.53. The van der Waals surface area contributed by atoms with E-state index in [1.165, 1.54) is 0 Å². The van der Waals surface area contributed by atoms with Gasteiger partial charge in [0.2, 0.25) is 0 Å². The Hall–Kier alpha value is -2.58. The van der Waals surface area contributed by atoms with Gasteiger partial charge in [0.05, 0.1) is 0 Å². The third kappa shape index (κ3) is 3.94. The van der Waals surface area contributed by atoms with Crippen LogP contribution in [0.25, 0.3) is 0 Å². The van der Waals surface area contributed by atoms with E-state index in [4.69, 9.17) is 5.11 Å². The van der Waals surface area contributed by atoms with E-state index in [0.29, 0.717) is 12.2 Å². The molecule has 5 heteroatoms. The van der Waals surface area contributed by atoms with Gasteiger partial charge in [-0.3, -0.25) is 9.48 Å². The fraction of sp³-hybridized carbons (Fsp3) is 0.250. The van der Waals surface area contributed by atoms with E-state index in [2.05, 4.69) is 16.9 Å². The molecule has 0 saturated heterocycles. The van der Waals surface area contributed by atoms with Crippen LogP contribution in [0.2, 0.25) is 0 Å². The Balaban J connectivity index is 2.02. The number of aromatic nitrogens is 2. The lowest BCUT2D eigenvalue weighted by Crippen LogP contribution is -2.26. The van der Waals surface area contributed by atoms with Gasteiger partial charge >= 0.3 is 0 Å². The second kappa shape index (κ2) is 6.73. The van der Waals surface area contributed by atoms with Gasteiger partial charge in [0, 0.05) is 32.4 Å². The highest BCUT2D eigenvalue weighted by Crippen LogP contribution is 2.08. The predicted molar refractivity (Wildman–Crippen MR) is 79.4 cm³/mol. The van der Waals surface area contributed by atoms with Gasteiger partial charge in [-0.05, 0) is 23.8 Å². The first-order valence-corrected chi connectivity index (χ1v) is 6.54. The number of aryl methyl sites for hydroxylation is 1. The summed E-state index contributed by atoms with van der Waals surface area (Å²) in [6, 6.07) is 9.29. The molecule has 0 aliphatic heterocycles. The Morgan fingerprint density at radius 1 is 1.33 bits per heavy atom. The molecule has 0 unspecified atom stereocenters. The second-order valence-corrected chi connectivity index (χ2v) is 4.69. The highest BCUT2D eigenvalue weighted by Gasteiger charge is 2.14. The van der Waals surface area contributed by atoms with Crippen LogP contribution in [0.15, 0.2) is 36.5 Å². The molecular weight excluding hydrogens is 266 g/mol. The lowest BCUT2D eigenvalue weighted by atomic mass is 10.1. The number of hydrogen-bond acceptors (Lipinski definition) is 3. The fourth-order valence-corrected chi connectivity index (χ4v) is 1.91. The summed E-state index contributed by atoms with van der Waals surface area (Å²) in [5, 5.41) is 12.8. The third-order valence-corrected chi connectivity index (χ3v) is 2.96. The molecule has 1 heterocycles. The molecule has 0 aliphatic carbocycles. The van der Waals surface area contributed by atoms with E-state index in [9.17, 15) is 4.79 Å². The van der Waals surface area contributed by atoms with Gasteiger partial charge < -0.3 is 10.0 Å². The molecule has 2 rings (SSSR count). The maximum absolute atomic E-state index is 12.2. The molecule has 108 valence electrons. The molecule has 5 nitrogen and oxygen atoms in total. The van der Waals surface area contributed by atoms with Crippen LogP contribution in [0.1, 0.15) is 21.6 Å². The molecule has 1 aromatic heterocycles. The molecule has 0 bridgehead atoms. The molecule has 0 radical (unpaired) electrons. The van der Waals surface area contributed by atoms with E-state index < -0.39 is 0 Å². The highest BCUT2D eigenvalue weighted by molar-refractivity contribution is 5.91. The Morgan fingerprint density at radius 3 is 2.62 bits per heavy atom. The van der Waals surface area contributed by atoms with Crippen LogP contribution in [0.5, 0.6) is 0 Å². The molecule has 0 aliphatic rings. The van der Waals surface area contributed by atoms with Gasteiger partial charge in [-0.25, -0.2) is 0 Å². The average molecular weight is 283 g/mol. The third-order valence-electron chi connectivity index (χ3n) is 2.96. The van der Waals surface area contributed by atoms with Crippen LogP contribution in [0.3, 0.4) is 0 Å². The SMILES string of the molecule is CN(Cc1ccc(C#CCO)cc1)C(=O)c1ccn(C)n1. The Labute approximate surface area is 123 Å². The van der Waals surface area contributed by atoms with E-state index in [-0.39, 0.29) is 12.5 Å². The molecule has 1 aromatic carbocycles. The van der Waals surface area contributed by atoms with E-state index in [1.54, 1.807) is 35.9 Å². The van der Waals surface area contributed by atoms with Crippen LogP contribution < -0.4 is 0 Å². The van der Waals surface area contributed by atoms with Crippen molar-refractivity contribution in [2.24, 2.45) is 7.05 Å². The molecule has 0 spiro atoms. The number of hydrogen-bond donors (Lipinski definition) is 1. The van der Waals surface area contributed by atoms with Crippen LogP contribution in [0.4, 0.5) is 0 Å². The zero-order chi connectivity index (χ0) is 15.2. The smallest absolute Gasteiger partial charge is 0.274 e. The van der Waals surface area contributed by atoms with Crippen LogP contribution in [-0.4, -0.2) is 39.3 Å². The topological polar surface area (TPSA) is 58.4 Å². The summed E-state index contributed by atoms with van der Waals surface area (Å²) in [4.78, 5) is 13.8.